The number of aliphatic imine (C=N–C) groups is 1. The third-order valence-electron chi connectivity index (χ3n) is 2.88. The molecule has 0 spiro atoms. The molecule has 6 heteroatoms. The third kappa shape index (κ3) is 7.69. The summed E-state index contributed by atoms with van der Waals surface area (Å²) in [7, 11) is 1.77. The van der Waals surface area contributed by atoms with E-state index in [-0.39, 0.29) is 0 Å². The maximum absolute atomic E-state index is 6.01. The van der Waals surface area contributed by atoms with Gasteiger partial charge in [0.25, 0.3) is 0 Å². The van der Waals surface area contributed by atoms with Gasteiger partial charge in [-0.15, -0.1) is 0 Å². The number of guanidine groups is 1. The number of benzene rings is 1. The SMILES string of the molecule is CCOCCCNC(=NC)NCCc1cc(Cl)ccc1Br. The molecule has 1 rings (SSSR count). The van der Waals surface area contributed by atoms with Crippen LogP contribution < -0.4 is 10.6 Å². The molecule has 0 saturated carbocycles. The van der Waals surface area contributed by atoms with Crippen molar-refractivity contribution in [1.29, 1.82) is 0 Å². The monoisotopic (exact) mass is 375 g/mol. The predicted octanol–water partition coefficient (Wildman–Crippen LogP) is 3.24. The molecule has 0 aliphatic rings. The van der Waals surface area contributed by atoms with Gasteiger partial charge in [0, 0.05) is 42.8 Å². The fraction of sp³-hybridized carbons (Fsp3) is 0.533. The van der Waals surface area contributed by atoms with Crippen LogP contribution >= 0.6 is 27.5 Å². The quantitative estimate of drug-likeness (QED) is 0.416. The molecule has 0 aliphatic heterocycles. The van der Waals surface area contributed by atoms with Gasteiger partial charge < -0.3 is 15.4 Å². The smallest absolute Gasteiger partial charge is 0.190 e. The van der Waals surface area contributed by atoms with Crippen LogP contribution in [0.4, 0.5) is 0 Å². The summed E-state index contributed by atoms with van der Waals surface area (Å²) in [4.78, 5) is 4.19. The molecule has 0 heterocycles. The standard InChI is InChI=1S/C15H23BrClN3O/c1-3-21-10-4-8-19-15(18-2)20-9-7-12-11-13(17)5-6-14(12)16/h5-6,11H,3-4,7-10H2,1-2H3,(H2,18,19,20). The maximum atomic E-state index is 6.01. The minimum atomic E-state index is 0.756. The first-order chi connectivity index (χ1) is 10.2. The lowest BCUT2D eigenvalue weighted by molar-refractivity contribution is 0.145. The Kier molecular flexibility index (Phi) is 9.46. The first-order valence-electron chi connectivity index (χ1n) is 7.13. The largest absolute Gasteiger partial charge is 0.382 e. The van der Waals surface area contributed by atoms with Gasteiger partial charge in [-0.25, -0.2) is 0 Å². The van der Waals surface area contributed by atoms with E-state index in [0.29, 0.717) is 0 Å². The molecule has 1 aromatic carbocycles. The van der Waals surface area contributed by atoms with Crippen molar-refractivity contribution in [3.8, 4) is 0 Å². The molecule has 0 aromatic heterocycles. The van der Waals surface area contributed by atoms with E-state index < -0.39 is 0 Å². The molecule has 118 valence electrons. The van der Waals surface area contributed by atoms with Crippen molar-refractivity contribution >= 4 is 33.5 Å². The highest BCUT2D eigenvalue weighted by atomic mass is 79.9. The Bertz CT molecular complexity index is 455. The van der Waals surface area contributed by atoms with Gasteiger partial charge in [0.2, 0.25) is 0 Å². The molecule has 0 amide bonds. The Morgan fingerprint density at radius 2 is 2.10 bits per heavy atom. The minimum Gasteiger partial charge on any atom is -0.382 e. The summed E-state index contributed by atoms with van der Waals surface area (Å²) in [6.45, 7) is 5.18. The molecular weight excluding hydrogens is 354 g/mol. The number of nitrogens with zero attached hydrogens (tertiary/aromatic N) is 1. The molecule has 0 fully saturated rings. The summed E-state index contributed by atoms with van der Waals surface area (Å²) in [5, 5.41) is 7.31. The van der Waals surface area contributed by atoms with Crippen molar-refractivity contribution in [2.75, 3.05) is 33.4 Å². The Balaban J connectivity index is 2.27. The zero-order valence-electron chi connectivity index (χ0n) is 12.6. The molecule has 0 atom stereocenters. The molecular formula is C15H23BrClN3O. The van der Waals surface area contributed by atoms with Crippen molar-refractivity contribution in [3.63, 3.8) is 0 Å². The van der Waals surface area contributed by atoms with Crippen molar-refractivity contribution in [2.24, 2.45) is 4.99 Å². The van der Waals surface area contributed by atoms with E-state index >= 15 is 0 Å². The summed E-state index contributed by atoms with van der Waals surface area (Å²) in [5.74, 6) is 0.810. The lowest BCUT2D eigenvalue weighted by atomic mass is 10.1. The van der Waals surface area contributed by atoms with Crippen LogP contribution in [-0.2, 0) is 11.2 Å². The van der Waals surface area contributed by atoms with Gasteiger partial charge in [0.15, 0.2) is 5.96 Å². The van der Waals surface area contributed by atoms with Gasteiger partial charge in [-0.05, 0) is 43.5 Å². The fourth-order valence-electron chi connectivity index (χ4n) is 1.80. The third-order valence-corrected chi connectivity index (χ3v) is 3.89. The molecule has 1 aromatic rings. The Hall–Kier alpha value is -0.780. The van der Waals surface area contributed by atoms with E-state index in [4.69, 9.17) is 16.3 Å². The van der Waals surface area contributed by atoms with Gasteiger partial charge >= 0.3 is 0 Å². The minimum absolute atomic E-state index is 0.756. The summed E-state index contributed by atoms with van der Waals surface area (Å²) in [6, 6.07) is 5.82. The number of hydrogen-bond acceptors (Lipinski definition) is 2. The highest BCUT2D eigenvalue weighted by Gasteiger charge is 2.02. The van der Waals surface area contributed by atoms with Crippen molar-refractivity contribution < 1.29 is 4.74 Å². The predicted molar refractivity (Wildman–Crippen MR) is 93.3 cm³/mol. The number of nitrogens with one attached hydrogen (secondary N) is 2. The normalized spacial score (nSPS) is 11.5. The van der Waals surface area contributed by atoms with E-state index in [2.05, 4.69) is 31.6 Å². The van der Waals surface area contributed by atoms with Gasteiger partial charge in [0.05, 0.1) is 0 Å². The van der Waals surface area contributed by atoms with Gasteiger partial charge in [0.1, 0.15) is 0 Å². The van der Waals surface area contributed by atoms with Crippen LogP contribution in [0, 0.1) is 0 Å². The Labute approximate surface area is 140 Å². The Morgan fingerprint density at radius 3 is 2.81 bits per heavy atom. The Morgan fingerprint density at radius 1 is 1.33 bits per heavy atom. The van der Waals surface area contributed by atoms with Crippen LogP contribution in [0.2, 0.25) is 5.02 Å². The van der Waals surface area contributed by atoms with Crippen LogP contribution in [0.1, 0.15) is 18.9 Å². The number of hydrogen-bond donors (Lipinski definition) is 2. The number of halogens is 2. The highest BCUT2D eigenvalue weighted by Crippen LogP contribution is 2.21. The number of rotatable bonds is 8. The van der Waals surface area contributed by atoms with Crippen LogP contribution in [0.5, 0.6) is 0 Å². The van der Waals surface area contributed by atoms with Gasteiger partial charge in [-0.3, -0.25) is 4.99 Å². The van der Waals surface area contributed by atoms with Crippen LogP contribution in [0.3, 0.4) is 0 Å². The first-order valence-corrected chi connectivity index (χ1v) is 8.30. The van der Waals surface area contributed by atoms with E-state index in [1.807, 2.05) is 25.1 Å². The average molecular weight is 377 g/mol. The zero-order valence-corrected chi connectivity index (χ0v) is 14.9. The van der Waals surface area contributed by atoms with Crippen molar-refractivity contribution in [1.82, 2.24) is 10.6 Å². The highest BCUT2D eigenvalue weighted by molar-refractivity contribution is 9.10. The lowest BCUT2D eigenvalue weighted by Gasteiger charge is -2.12. The summed E-state index contributed by atoms with van der Waals surface area (Å²) in [5.41, 5.74) is 1.18. The second-order valence-corrected chi connectivity index (χ2v) is 5.75. The van der Waals surface area contributed by atoms with E-state index in [1.54, 1.807) is 7.05 Å². The average Bonchev–Trinajstić information content (AvgIpc) is 2.48. The summed E-state index contributed by atoms with van der Waals surface area (Å²) < 4.78 is 6.37. The molecule has 0 unspecified atom stereocenters. The maximum Gasteiger partial charge on any atom is 0.190 e. The van der Waals surface area contributed by atoms with E-state index in [9.17, 15) is 0 Å². The molecule has 0 bridgehead atoms. The first kappa shape index (κ1) is 18.3. The lowest BCUT2D eigenvalue weighted by Crippen LogP contribution is -2.39. The van der Waals surface area contributed by atoms with Crippen molar-refractivity contribution in [3.05, 3.63) is 33.3 Å². The second-order valence-electron chi connectivity index (χ2n) is 4.46. The van der Waals surface area contributed by atoms with Gasteiger partial charge in [-0.2, -0.15) is 0 Å². The molecule has 2 N–H and O–H groups in total. The van der Waals surface area contributed by atoms with Crippen LogP contribution in [-0.4, -0.2) is 39.3 Å². The van der Waals surface area contributed by atoms with Crippen molar-refractivity contribution in [2.45, 2.75) is 19.8 Å². The molecule has 21 heavy (non-hydrogen) atoms. The zero-order chi connectivity index (χ0) is 15.5. The molecule has 0 radical (unpaired) electrons. The second kappa shape index (κ2) is 10.9. The fourth-order valence-corrected chi connectivity index (χ4v) is 2.44. The van der Waals surface area contributed by atoms with E-state index in [0.717, 1.165) is 54.6 Å². The topological polar surface area (TPSA) is 45.6 Å². The number of ether oxygens (including phenoxy) is 1. The van der Waals surface area contributed by atoms with Crippen LogP contribution in [0.15, 0.2) is 27.7 Å². The molecule has 4 nitrogen and oxygen atoms in total. The van der Waals surface area contributed by atoms with Crippen LogP contribution in [0.25, 0.3) is 0 Å². The molecule has 0 aliphatic carbocycles. The summed E-state index contributed by atoms with van der Waals surface area (Å²) in [6.07, 6.45) is 1.84. The summed E-state index contributed by atoms with van der Waals surface area (Å²) >= 11 is 9.54. The molecule has 0 saturated heterocycles. The van der Waals surface area contributed by atoms with E-state index in [1.165, 1.54) is 5.56 Å². The van der Waals surface area contributed by atoms with Gasteiger partial charge in [-0.1, -0.05) is 27.5 Å².